The van der Waals surface area contributed by atoms with Gasteiger partial charge in [0.05, 0.1) is 61.9 Å². The van der Waals surface area contributed by atoms with Crippen LogP contribution < -0.4 is 0 Å². The predicted molar refractivity (Wildman–Crippen MR) is 149 cm³/mol. The highest BCUT2D eigenvalue weighted by molar-refractivity contribution is 6.23. The molecule has 3 aliphatic heterocycles. The van der Waals surface area contributed by atoms with Gasteiger partial charge in [-0.25, -0.2) is 0 Å². The first-order valence-electron chi connectivity index (χ1n) is 14.1. The minimum atomic E-state index is -0.511. The molecular formula is C30H32N4O9. The Kier molecular flexibility index (Phi) is 9.55. The van der Waals surface area contributed by atoms with E-state index in [0.717, 1.165) is 9.80 Å². The molecule has 3 aliphatic rings. The average Bonchev–Trinajstić information content (AvgIpc) is 3.39. The first-order chi connectivity index (χ1) is 20.9. The Hall–Kier alpha value is -4.46. The van der Waals surface area contributed by atoms with Gasteiger partial charge in [-0.3, -0.25) is 38.6 Å². The molecule has 1 saturated heterocycles. The SMILES string of the molecule is O=C(CN1C(=O)c2ccccc2C1=O)N1CCOCCOCCN(C(=O)CN2C(=O)c3ccccc3C2=O)CCOCC1. The molecule has 0 radical (unpaired) electrons. The van der Waals surface area contributed by atoms with Crippen molar-refractivity contribution in [2.75, 3.05) is 78.9 Å². The standard InChI is InChI=1S/C30H32N4O9/c35-25(19-33-27(37)21-5-1-2-6-22(21)28(33)38)31-9-13-41-14-10-32(12-16-43-18-17-42-15-11-31)26(36)20-34-29(39)23-7-3-4-8-24(23)30(34)40/h1-8H,9-20H2. The van der Waals surface area contributed by atoms with E-state index in [-0.39, 0.29) is 88.1 Å². The van der Waals surface area contributed by atoms with Gasteiger partial charge in [-0.2, -0.15) is 0 Å². The minimum Gasteiger partial charge on any atom is -0.378 e. The third kappa shape index (κ3) is 6.63. The topological polar surface area (TPSA) is 143 Å². The van der Waals surface area contributed by atoms with Gasteiger partial charge in [-0.15, -0.1) is 0 Å². The van der Waals surface area contributed by atoms with Crippen LogP contribution in [0, 0.1) is 0 Å². The van der Waals surface area contributed by atoms with E-state index < -0.39 is 48.5 Å². The zero-order valence-electron chi connectivity index (χ0n) is 23.6. The molecule has 13 heteroatoms. The smallest absolute Gasteiger partial charge is 0.262 e. The second-order valence-corrected chi connectivity index (χ2v) is 10.1. The molecule has 0 aliphatic carbocycles. The molecule has 6 amide bonds. The monoisotopic (exact) mass is 592 g/mol. The van der Waals surface area contributed by atoms with Gasteiger partial charge in [-0.1, -0.05) is 24.3 Å². The van der Waals surface area contributed by atoms with Crippen molar-refractivity contribution in [2.24, 2.45) is 0 Å². The maximum absolute atomic E-state index is 13.2. The summed E-state index contributed by atoms with van der Waals surface area (Å²) in [5.74, 6) is -2.91. The Bertz CT molecular complexity index is 1250. The molecule has 226 valence electrons. The van der Waals surface area contributed by atoms with Crippen LogP contribution in [0.2, 0.25) is 0 Å². The van der Waals surface area contributed by atoms with Crippen LogP contribution >= 0.6 is 0 Å². The van der Waals surface area contributed by atoms with Crippen molar-refractivity contribution in [3.8, 4) is 0 Å². The molecule has 0 unspecified atom stereocenters. The lowest BCUT2D eigenvalue weighted by molar-refractivity contribution is -0.133. The van der Waals surface area contributed by atoms with Crippen molar-refractivity contribution in [1.82, 2.24) is 19.6 Å². The summed E-state index contributed by atoms with van der Waals surface area (Å²) in [6.45, 7) is 1.15. The molecule has 13 nitrogen and oxygen atoms in total. The summed E-state index contributed by atoms with van der Waals surface area (Å²) in [5, 5.41) is 0. The molecule has 0 spiro atoms. The summed E-state index contributed by atoms with van der Waals surface area (Å²) >= 11 is 0. The second-order valence-electron chi connectivity index (χ2n) is 10.1. The lowest BCUT2D eigenvalue weighted by Gasteiger charge is -2.26. The van der Waals surface area contributed by atoms with Crippen molar-refractivity contribution in [2.45, 2.75) is 0 Å². The summed E-state index contributed by atoms with van der Waals surface area (Å²) in [6.07, 6.45) is 0. The summed E-state index contributed by atoms with van der Waals surface area (Å²) in [5.41, 5.74) is 1.08. The fraction of sp³-hybridized carbons (Fsp3) is 0.400. The first-order valence-corrected chi connectivity index (χ1v) is 14.1. The van der Waals surface area contributed by atoms with Crippen LogP contribution in [0.15, 0.2) is 48.5 Å². The maximum atomic E-state index is 13.2. The van der Waals surface area contributed by atoms with Gasteiger partial charge in [0.25, 0.3) is 23.6 Å². The Labute approximate surface area is 247 Å². The number of carbonyl (C=O) groups excluding carboxylic acids is 6. The number of benzene rings is 2. The number of rotatable bonds is 4. The van der Waals surface area contributed by atoms with Crippen molar-refractivity contribution in [1.29, 1.82) is 0 Å². The molecule has 0 bridgehead atoms. The Morgan fingerprint density at radius 1 is 0.488 bits per heavy atom. The lowest BCUT2D eigenvalue weighted by Crippen LogP contribution is -2.45. The van der Waals surface area contributed by atoms with Gasteiger partial charge >= 0.3 is 0 Å². The van der Waals surface area contributed by atoms with Gasteiger partial charge in [0.1, 0.15) is 13.1 Å². The molecule has 0 aromatic heterocycles. The molecule has 43 heavy (non-hydrogen) atoms. The van der Waals surface area contributed by atoms with E-state index in [4.69, 9.17) is 14.2 Å². The van der Waals surface area contributed by atoms with Crippen molar-refractivity contribution < 1.29 is 43.0 Å². The van der Waals surface area contributed by atoms with Gasteiger partial charge in [0.2, 0.25) is 11.8 Å². The molecule has 3 heterocycles. The molecule has 0 N–H and O–H groups in total. The normalized spacial score (nSPS) is 18.8. The summed E-state index contributed by atoms with van der Waals surface area (Å²) in [6, 6.07) is 12.9. The van der Waals surface area contributed by atoms with Crippen LogP contribution in [0.3, 0.4) is 0 Å². The molecule has 5 rings (SSSR count). The Morgan fingerprint density at radius 3 is 1.07 bits per heavy atom. The number of hydrogen-bond acceptors (Lipinski definition) is 9. The van der Waals surface area contributed by atoms with E-state index in [9.17, 15) is 28.8 Å². The summed E-state index contributed by atoms with van der Waals surface area (Å²) in [7, 11) is 0. The number of carbonyl (C=O) groups is 6. The van der Waals surface area contributed by atoms with Crippen LogP contribution in [-0.2, 0) is 23.8 Å². The third-order valence-electron chi connectivity index (χ3n) is 7.44. The molecule has 2 aromatic carbocycles. The van der Waals surface area contributed by atoms with E-state index in [1.165, 1.54) is 9.80 Å². The number of imide groups is 2. The molecule has 0 atom stereocenters. The molecule has 0 saturated carbocycles. The van der Waals surface area contributed by atoms with Crippen molar-refractivity contribution >= 4 is 35.4 Å². The third-order valence-corrected chi connectivity index (χ3v) is 7.44. The Morgan fingerprint density at radius 2 is 0.767 bits per heavy atom. The van der Waals surface area contributed by atoms with Crippen LogP contribution in [0.25, 0.3) is 0 Å². The second kappa shape index (κ2) is 13.7. The summed E-state index contributed by atoms with van der Waals surface area (Å²) < 4.78 is 16.9. The number of fused-ring (bicyclic) bond motifs is 2. The van der Waals surface area contributed by atoms with Crippen LogP contribution in [0.4, 0.5) is 0 Å². The van der Waals surface area contributed by atoms with Crippen LogP contribution in [0.5, 0.6) is 0 Å². The molecular weight excluding hydrogens is 560 g/mol. The number of ether oxygens (including phenoxy) is 3. The lowest BCUT2D eigenvalue weighted by atomic mass is 10.1. The zero-order chi connectivity index (χ0) is 30.3. The quantitative estimate of drug-likeness (QED) is 0.458. The molecule has 2 aromatic rings. The largest absolute Gasteiger partial charge is 0.378 e. The highest BCUT2D eigenvalue weighted by Crippen LogP contribution is 2.23. The van der Waals surface area contributed by atoms with Gasteiger partial charge in [0, 0.05) is 26.2 Å². The fourth-order valence-electron chi connectivity index (χ4n) is 5.08. The number of hydrogen-bond donors (Lipinski definition) is 0. The van der Waals surface area contributed by atoms with Gasteiger partial charge in [0.15, 0.2) is 0 Å². The van der Waals surface area contributed by atoms with Gasteiger partial charge < -0.3 is 24.0 Å². The van der Waals surface area contributed by atoms with Gasteiger partial charge in [-0.05, 0) is 24.3 Å². The number of amides is 6. The van der Waals surface area contributed by atoms with E-state index >= 15 is 0 Å². The fourth-order valence-corrected chi connectivity index (χ4v) is 5.08. The number of nitrogens with zero attached hydrogens (tertiary/aromatic N) is 4. The van der Waals surface area contributed by atoms with E-state index in [0.29, 0.717) is 0 Å². The minimum absolute atomic E-state index is 0.130. The van der Waals surface area contributed by atoms with E-state index in [1.54, 1.807) is 48.5 Å². The van der Waals surface area contributed by atoms with E-state index in [1.807, 2.05) is 0 Å². The predicted octanol–water partition coefficient (Wildman–Crippen LogP) is 0.299. The first kappa shape index (κ1) is 30.0. The van der Waals surface area contributed by atoms with Crippen LogP contribution in [-0.4, -0.2) is 134 Å². The molecule has 1 fully saturated rings. The van der Waals surface area contributed by atoms with Crippen molar-refractivity contribution in [3.63, 3.8) is 0 Å². The van der Waals surface area contributed by atoms with E-state index in [2.05, 4.69) is 0 Å². The highest BCUT2D eigenvalue weighted by atomic mass is 16.5. The van der Waals surface area contributed by atoms with Crippen molar-refractivity contribution in [3.05, 3.63) is 70.8 Å². The Balaban J connectivity index is 1.16. The zero-order valence-corrected chi connectivity index (χ0v) is 23.6. The average molecular weight is 593 g/mol. The highest BCUT2D eigenvalue weighted by Gasteiger charge is 2.38. The summed E-state index contributed by atoms with van der Waals surface area (Å²) in [4.78, 5) is 82.0. The maximum Gasteiger partial charge on any atom is 0.262 e. The van der Waals surface area contributed by atoms with Crippen LogP contribution in [0.1, 0.15) is 41.4 Å².